The molecule has 1 aromatic carbocycles. The van der Waals surface area contributed by atoms with Crippen LogP contribution in [0.1, 0.15) is 23.8 Å². The minimum Gasteiger partial charge on any atom is -0.497 e. The van der Waals surface area contributed by atoms with Crippen molar-refractivity contribution in [1.29, 1.82) is 0 Å². The molecular formula is C14H15N3O3S. The van der Waals surface area contributed by atoms with E-state index in [4.69, 9.17) is 9.47 Å². The third-order valence-electron chi connectivity index (χ3n) is 3.04. The molecule has 0 aliphatic heterocycles. The van der Waals surface area contributed by atoms with Gasteiger partial charge in [0.15, 0.2) is 6.61 Å². The number of nitrogens with zero attached hydrogens (tertiary/aromatic N) is 2. The first-order chi connectivity index (χ1) is 10.2. The van der Waals surface area contributed by atoms with Crippen molar-refractivity contribution >= 4 is 22.4 Å². The zero-order chi connectivity index (χ0) is 14.7. The van der Waals surface area contributed by atoms with Gasteiger partial charge in [0.25, 0.3) is 5.91 Å². The van der Waals surface area contributed by atoms with E-state index in [1.54, 1.807) is 31.4 Å². The predicted molar refractivity (Wildman–Crippen MR) is 79.0 cm³/mol. The summed E-state index contributed by atoms with van der Waals surface area (Å²) >= 11 is 1.43. The molecule has 0 bridgehead atoms. The van der Waals surface area contributed by atoms with Gasteiger partial charge in [0, 0.05) is 5.92 Å². The second-order valence-corrected chi connectivity index (χ2v) is 5.74. The topological polar surface area (TPSA) is 73.3 Å². The average Bonchev–Trinajstić information content (AvgIpc) is 3.26. The number of carbonyl (C=O) groups is 1. The number of rotatable bonds is 6. The molecule has 2 aromatic rings. The van der Waals surface area contributed by atoms with Gasteiger partial charge in [-0.15, -0.1) is 10.2 Å². The molecule has 0 spiro atoms. The molecule has 1 aromatic heterocycles. The Morgan fingerprint density at radius 2 is 2.00 bits per heavy atom. The maximum absolute atomic E-state index is 11.8. The Labute approximate surface area is 126 Å². The van der Waals surface area contributed by atoms with E-state index in [1.165, 1.54) is 24.2 Å². The smallest absolute Gasteiger partial charge is 0.264 e. The molecule has 1 aliphatic carbocycles. The number of aromatic nitrogens is 2. The summed E-state index contributed by atoms with van der Waals surface area (Å²) in [6.07, 6.45) is 2.34. The van der Waals surface area contributed by atoms with E-state index >= 15 is 0 Å². The van der Waals surface area contributed by atoms with E-state index in [9.17, 15) is 4.79 Å². The second kappa shape index (κ2) is 6.09. The Kier molecular flexibility index (Phi) is 4.01. The van der Waals surface area contributed by atoms with Gasteiger partial charge in [0.05, 0.1) is 7.11 Å². The van der Waals surface area contributed by atoms with Gasteiger partial charge in [0.1, 0.15) is 16.5 Å². The normalized spacial score (nSPS) is 13.8. The molecule has 110 valence electrons. The lowest BCUT2D eigenvalue weighted by molar-refractivity contribution is -0.118. The van der Waals surface area contributed by atoms with E-state index in [-0.39, 0.29) is 12.5 Å². The number of anilines is 1. The second-order valence-electron chi connectivity index (χ2n) is 4.73. The van der Waals surface area contributed by atoms with Gasteiger partial charge in [-0.25, -0.2) is 0 Å². The Balaban J connectivity index is 1.48. The largest absolute Gasteiger partial charge is 0.497 e. The number of methoxy groups -OCH3 is 1. The molecule has 0 radical (unpaired) electrons. The molecule has 1 fully saturated rings. The highest BCUT2D eigenvalue weighted by Crippen LogP contribution is 2.41. The highest BCUT2D eigenvalue weighted by atomic mass is 32.1. The van der Waals surface area contributed by atoms with Crippen LogP contribution in [-0.4, -0.2) is 29.8 Å². The van der Waals surface area contributed by atoms with Gasteiger partial charge < -0.3 is 9.47 Å². The Bertz CT molecular complexity index is 623. The number of amides is 1. The molecule has 1 saturated carbocycles. The van der Waals surface area contributed by atoms with Crippen LogP contribution < -0.4 is 14.8 Å². The molecule has 0 atom stereocenters. The first-order valence-electron chi connectivity index (χ1n) is 6.64. The Hall–Kier alpha value is -2.15. The number of hydrogen-bond donors (Lipinski definition) is 1. The third-order valence-corrected chi connectivity index (χ3v) is 4.04. The third kappa shape index (κ3) is 3.69. The van der Waals surface area contributed by atoms with Crippen molar-refractivity contribution in [2.75, 3.05) is 19.0 Å². The fourth-order valence-corrected chi connectivity index (χ4v) is 2.69. The van der Waals surface area contributed by atoms with Gasteiger partial charge in [-0.3, -0.25) is 10.1 Å². The summed E-state index contributed by atoms with van der Waals surface area (Å²) in [5, 5.41) is 12.3. The summed E-state index contributed by atoms with van der Waals surface area (Å²) in [6.45, 7) is -0.0648. The zero-order valence-electron chi connectivity index (χ0n) is 11.5. The van der Waals surface area contributed by atoms with Gasteiger partial charge in [0.2, 0.25) is 5.13 Å². The Morgan fingerprint density at radius 3 is 2.67 bits per heavy atom. The minimum atomic E-state index is -0.246. The van der Waals surface area contributed by atoms with Crippen LogP contribution in [0, 0.1) is 0 Å². The molecular weight excluding hydrogens is 290 g/mol. The van der Waals surface area contributed by atoms with Crippen LogP contribution in [0.25, 0.3) is 0 Å². The lowest BCUT2D eigenvalue weighted by Crippen LogP contribution is -2.20. The molecule has 6 nitrogen and oxygen atoms in total. The van der Waals surface area contributed by atoms with E-state index in [0.29, 0.717) is 16.8 Å². The first-order valence-corrected chi connectivity index (χ1v) is 7.46. The van der Waals surface area contributed by atoms with E-state index in [1.807, 2.05) is 0 Å². The SMILES string of the molecule is COc1ccc(OCC(=O)Nc2nnc(C3CC3)s2)cc1. The van der Waals surface area contributed by atoms with Crippen LogP contribution in [0.3, 0.4) is 0 Å². The van der Waals surface area contributed by atoms with Crippen LogP contribution in [0.5, 0.6) is 11.5 Å². The molecule has 7 heteroatoms. The van der Waals surface area contributed by atoms with Crippen molar-refractivity contribution < 1.29 is 14.3 Å². The van der Waals surface area contributed by atoms with Crippen molar-refractivity contribution in [3.63, 3.8) is 0 Å². The van der Waals surface area contributed by atoms with Crippen LogP contribution >= 0.6 is 11.3 Å². The summed E-state index contributed by atoms with van der Waals surface area (Å²) in [4.78, 5) is 11.8. The molecule has 0 saturated heterocycles. The van der Waals surface area contributed by atoms with Crippen molar-refractivity contribution in [2.24, 2.45) is 0 Å². The summed E-state index contributed by atoms with van der Waals surface area (Å²) in [5.74, 6) is 1.66. The first kappa shape index (κ1) is 13.8. The number of carbonyl (C=O) groups excluding carboxylic acids is 1. The van der Waals surface area contributed by atoms with Crippen LogP contribution in [0.2, 0.25) is 0 Å². The standard InChI is InChI=1S/C14H15N3O3S/c1-19-10-4-6-11(7-5-10)20-8-12(18)15-14-17-16-13(21-14)9-2-3-9/h4-7,9H,2-3,8H2,1H3,(H,15,17,18). The van der Waals surface area contributed by atoms with Gasteiger partial charge >= 0.3 is 0 Å². The average molecular weight is 305 g/mol. The van der Waals surface area contributed by atoms with Gasteiger partial charge in [-0.2, -0.15) is 0 Å². The lowest BCUT2D eigenvalue weighted by Gasteiger charge is -2.06. The van der Waals surface area contributed by atoms with Crippen molar-refractivity contribution in [3.8, 4) is 11.5 Å². The molecule has 21 heavy (non-hydrogen) atoms. The van der Waals surface area contributed by atoms with Gasteiger partial charge in [-0.1, -0.05) is 11.3 Å². The highest BCUT2D eigenvalue weighted by Gasteiger charge is 2.27. The van der Waals surface area contributed by atoms with Crippen LogP contribution in [0.4, 0.5) is 5.13 Å². The van der Waals surface area contributed by atoms with Crippen LogP contribution in [0.15, 0.2) is 24.3 Å². The molecule has 1 heterocycles. The minimum absolute atomic E-state index is 0.0648. The zero-order valence-corrected chi connectivity index (χ0v) is 12.4. The van der Waals surface area contributed by atoms with Crippen molar-refractivity contribution in [3.05, 3.63) is 29.3 Å². The lowest BCUT2D eigenvalue weighted by atomic mass is 10.3. The van der Waals surface area contributed by atoms with E-state index in [2.05, 4.69) is 15.5 Å². The Morgan fingerprint density at radius 1 is 1.29 bits per heavy atom. The quantitative estimate of drug-likeness (QED) is 0.887. The van der Waals surface area contributed by atoms with E-state index < -0.39 is 0 Å². The number of hydrogen-bond acceptors (Lipinski definition) is 6. The molecule has 1 amide bonds. The van der Waals surface area contributed by atoms with Gasteiger partial charge in [-0.05, 0) is 37.1 Å². The summed E-state index contributed by atoms with van der Waals surface area (Å²) in [5.41, 5.74) is 0. The highest BCUT2D eigenvalue weighted by molar-refractivity contribution is 7.15. The summed E-state index contributed by atoms with van der Waals surface area (Å²) in [6, 6.07) is 7.06. The fourth-order valence-electron chi connectivity index (χ4n) is 1.76. The van der Waals surface area contributed by atoms with Crippen molar-refractivity contribution in [2.45, 2.75) is 18.8 Å². The number of nitrogens with one attached hydrogen (secondary N) is 1. The molecule has 0 unspecified atom stereocenters. The molecule has 1 N–H and O–H groups in total. The monoisotopic (exact) mass is 305 g/mol. The summed E-state index contributed by atoms with van der Waals surface area (Å²) < 4.78 is 10.4. The summed E-state index contributed by atoms with van der Waals surface area (Å²) in [7, 11) is 1.60. The molecule has 1 aliphatic rings. The van der Waals surface area contributed by atoms with Crippen LogP contribution in [-0.2, 0) is 4.79 Å². The fraction of sp³-hybridized carbons (Fsp3) is 0.357. The number of ether oxygens (including phenoxy) is 2. The van der Waals surface area contributed by atoms with E-state index in [0.717, 1.165) is 10.8 Å². The molecule has 3 rings (SSSR count). The maximum Gasteiger partial charge on any atom is 0.264 e. The predicted octanol–water partition coefficient (Wildman–Crippen LogP) is 2.44. The maximum atomic E-state index is 11.8. The van der Waals surface area contributed by atoms with Crippen molar-refractivity contribution in [1.82, 2.24) is 10.2 Å². The number of benzene rings is 1.